The van der Waals surface area contributed by atoms with Gasteiger partial charge in [0, 0.05) is 17.3 Å². The predicted molar refractivity (Wildman–Crippen MR) is 107 cm³/mol. The first-order valence-electron chi connectivity index (χ1n) is 8.91. The predicted octanol–water partition coefficient (Wildman–Crippen LogP) is 1.69. The topological polar surface area (TPSA) is 72.9 Å². The van der Waals surface area contributed by atoms with Crippen LogP contribution < -0.4 is 21.2 Å². The van der Waals surface area contributed by atoms with E-state index in [2.05, 4.69) is 46.6 Å². The van der Waals surface area contributed by atoms with Crippen molar-refractivity contribution in [3.63, 3.8) is 0 Å². The second-order valence-electron chi connectivity index (χ2n) is 6.83. The third kappa shape index (κ3) is 3.33. The molecule has 2 heterocycles. The molecule has 0 amide bonds. The molecule has 2 aromatic carbocycles. The van der Waals surface area contributed by atoms with Gasteiger partial charge in [0.25, 0.3) is 11.5 Å². The van der Waals surface area contributed by atoms with Gasteiger partial charge < -0.3 is 0 Å². The van der Waals surface area contributed by atoms with Crippen LogP contribution >= 0.6 is 0 Å². The highest BCUT2D eigenvalue weighted by atomic mass is 16.1. The molecule has 0 saturated carbocycles. The summed E-state index contributed by atoms with van der Waals surface area (Å²) in [7, 11) is 0. The van der Waals surface area contributed by atoms with Gasteiger partial charge in [-0.3, -0.25) is 9.79 Å². The van der Waals surface area contributed by atoms with Crippen molar-refractivity contribution >= 4 is 17.6 Å². The van der Waals surface area contributed by atoms with Crippen LogP contribution in [0, 0.1) is 20.8 Å². The maximum atomic E-state index is 12.6. The van der Waals surface area contributed by atoms with E-state index in [-0.39, 0.29) is 11.7 Å². The van der Waals surface area contributed by atoms with Crippen molar-refractivity contribution in [1.29, 1.82) is 0 Å². The number of benzene rings is 2. The molecule has 3 aromatic rings. The second kappa shape index (κ2) is 6.72. The highest BCUT2D eigenvalue weighted by Gasteiger charge is 2.29. The molecule has 1 atom stereocenters. The Morgan fingerprint density at radius 2 is 1.85 bits per heavy atom. The van der Waals surface area contributed by atoms with Gasteiger partial charge in [-0.05, 0) is 32.4 Å². The summed E-state index contributed by atoms with van der Waals surface area (Å²) in [6, 6.07) is 17.7. The van der Waals surface area contributed by atoms with Crippen LogP contribution in [-0.4, -0.2) is 15.5 Å². The van der Waals surface area contributed by atoms with Crippen molar-refractivity contribution in [3.05, 3.63) is 87.3 Å². The van der Waals surface area contributed by atoms with Crippen LogP contribution in [0.25, 0.3) is 0 Å². The quantitative estimate of drug-likeness (QED) is 0.650. The molecule has 0 bridgehead atoms. The maximum absolute atomic E-state index is 12.6. The highest BCUT2D eigenvalue weighted by molar-refractivity contribution is 5.99. The van der Waals surface area contributed by atoms with Crippen LogP contribution in [0.15, 0.2) is 59.4 Å². The number of nitrogens with zero attached hydrogens (tertiary/aromatic N) is 2. The van der Waals surface area contributed by atoms with E-state index in [0.29, 0.717) is 17.6 Å². The average Bonchev–Trinajstić information content (AvgIpc) is 2.63. The Hall–Kier alpha value is -3.41. The number of aromatic nitrogens is 2. The van der Waals surface area contributed by atoms with Crippen LogP contribution in [-0.2, 0) is 0 Å². The summed E-state index contributed by atoms with van der Waals surface area (Å²) in [6.45, 7) is 5.96. The molecule has 0 aliphatic carbocycles. The van der Waals surface area contributed by atoms with Crippen LogP contribution in [0.2, 0.25) is 0 Å². The van der Waals surface area contributed by atoms with Crippen molar-refractivity contribution in [2.45, 2.75) is 26.9 Å². The fourth-order valence-corrected chi connectivity index (χ4v) is 3.32. The van der Waals surface area contributed by atoms with Gasteiger partial charge in [-0.25, -0.2) is 20.2 Å². The third-order valence-electron chi connectivity index (χ3n) is 4.61. The molecule has 3 N–H and O–H groups in total. The molecule has 0 unspecified atom stereocenters. The van der Waals surface area contributed by atoms with E-state index < -0.39 is 0 Å². The SMILES string of the molecule is Cc1ccc(NC2=[NH+][C@@H](c3ccccc3)n3c(nc(C)cc3=O)N2)c(C)c1. The van der Waals surface area contributed by atoms with Crippen molar-refractivity contribution in [3.8, 4) is 0 Å². The zero-order valence-corrected chi connectivity index (χ0v) is 15.6. The normalized spacial score (nSPS) is 15.5. The number of fused-ring (bicyclic) bond motifs is 1. The summed E-state index contributed by atoms with van der Waals surface area (Å²) in [5.74, 6) is 1.20. The van der Waals surface area contributed by atoms with Gasteiger partial charge in [-0.2, -0.15) is 0 Å². The first kappa shape index (κ1) is 17.0. The van der Waals surface area contributed by atoms with Gasteiger partial charge >= 0.3 is 5.96 Å². The van der Waals surface area contributed by atoms with E-state index in [1.807, 2.05) is 43.3 Å². The average molecular weight is 360 g/mol. The van der Waals surface area contributed by atoms with Gasteiger partial charge in [-0.1, -0.05) is 48.0 Å². The van der Waals surface area contributed by atoms with E-state index >= 15 is 0 Å². The molecule has 0 radical (unpaired) electrons. The Bertz CT molecular complexity index is 1090. The first-order chi connectivity index (χ1) is 13.0. The van der Waals surface area contributed by atoms with Gasteiger partial charge in [-0.15, -0.1) is 0 Å². The van der Waals surface area contributed by atoms with Gasteiger partial charge in [0.2, 0.25) is 0 Å². The molecule has 0 spiro atoms. The number of nitrogens with one attached hydrogen (secondary N) is 3. The molecule has 0 saturated heterocycles. The number of anilines is 2. The highest BCUT2D eigenvalue weighted by Crippen LogP contribution is 2.18. The third-order valence-corrected chi connectivity index (χ3v) is 4.61. The van der Waals surface area contributed by atoms with E-state index in [0.717, 1.165) is 16.8 Å². The van der Waals surface area contributed by atoms with Crippen LogP contribution in [0.4, 0.5) is 11.6 Å². The molecule has 6 nitrogen and oxygen atoms in total. The lowest BCUT2D eigenvalue weighted by Gasteiger charge is -2.23. The zero-order chi connectivity index (χ0) is 19.0. The summed E-state index contributed by atoms with van der Waals surface area (Å²) in [6.07, 6.45) is -0.351. The molecule has 1 aromatic heterocycles. The molecule has 27 heavy (non-hydrogen) atoms. The molecule has 0 fully saturated rings. The lowest BCUT2D eigenvalue weighted by Crippen LogP contribution is -2.82. The summed E-state index contributed by atoms with van der Waals surface area (Å²) in [4.78, 5) is 20.6. The lowest BCUT2D eigenvalue weighted by molar-refractivity contribution is -0.520. The summed E-state index contributed by atoms with van der Waals surface area (Å²) in [5, 5.41) is 6.61. The molecule has 4 rings (SSSR count). The minimum absolute atomic E-state index is 0.100. The lowest BCUT2D eigenvalue weighted by atomic mass is 10.1. The van der Waals surface area contributed by atoms with Crippen molar-refractivity contribution in [2.75, 3.05) is 10.6 Å². The van der Waals surface area contributed by atoms with Crippen molar-refractivity contribution < 1.29 is 4.99 Å². The fourth-order valence-electron chi connectivity index (χ4n) is 3.32. The van der Waals surface area contributed by atoms with E-state index in [1.165, 1.54) is 5.56 Å². The summed E-state index contributed by atoms with van der Waals surface area (Å²) in [5.41, 5.74) is 4.90. The van der Waals surface area contributed by atoms with E-state index in [9.17, 15) is 4.79 Å². The second-order valence-corrected chi connectivity index (χ2v) is 6.83. The van der Waals surface area contributed by atoms with Crippen molar-refractivity contribution in [1.82, 2.24) is 9.55 Å². The standard InChI is InChI=1S/C21H21N5O/c1-13-9-10-17(14(2)11-13)23-20-24-19(16-7-5-4-6-8-16)26-18(27)12-15(3)22-21(26)25-20/h4-12,19H,1-3H3,(H2,22,23,24,25)/p+1/t19-/m1/s1. The van der Waals surface area contributed by atoms with E-state index in [1.54, 1.807) is 10.6 Å². The number of rotatable bonds is 2. The Morgan fingerprint density at radius 1 is 1.07 bits per heavy atom. The van der Waals surface area contributed by atoms with Crippen LogP contribution in [0.5, 0.6) is 0 Å². The van der Waals surface area contributed by atoms with Crippen LogP contribution in [0.3, 0.4) is 0 Å². The number of guanidine groups is 1. The Labute approximate surface area is 157 Å². The summed E-state index contributed by atoms with van der Waals surface area (Å²) >= 11 is 0. The monoisotopic (exact) mass is 360 g/mol. The molecule has 136 valence electrons. The maximum Gasteiger partial charge on any atom is 0.357 e. The first-order valence-corrected chi connectivity index (χ1v) is 8.91. The zero-order valence-electron chi connectivity index (χ0n) is 15.6. The number of aryl methyl sites for hydroxylation is 3. The van der Waals surface area contributed by atoms with Crippen molar-refractivity contribution in [2.24, 2.45) is 0 Å². The Kier molecular flexibility index (Phi) is 4.24. The molecule has 1 aliphatic rings. The number of hydrogen-bond donors (Lipinski definition) is 3. The number of hydrogen-bond acceptors (Lipinski definition) is 4. The van der Waals surface area contributed by atoms with Gasteiger partial charge in [0.1, 0.15) is 5.69 Å². The Balaban J connectivity index is 1.79. The Morgan fingerprint density at radius 3 is 2.59 bits per heavy atom. The minimum Gasteiger partial charge on any atom is -0.269 e. The smallest absolute Gasteiger partial charge is 0.269 e. The molecule has 1 aliphatic heterocycles. The van der Waals surface area contributed by atoms with Gasteiger partial charge in [0.15, 0.2) is 6.17 Å². The molecule has 6 heteroatoms. The fraction of sp³-hybridized carbons (Fsp3) is 0.190. The molecular weight excluding hydrogens is 338 g/mol. The van der Waals surface area contributed by atoms with Gasteiger partial charge in [0.05, 0.1) is 0 Å². The summed E-state index contributed by atoms with van der Waals surface area (Å²) < 4.78 is 1.63. The minimum atomic E-state index is -0.351. The van der Waals surface area contributed by atoms with E-state index in [4.69, 9.17) is 0 Å². The largest absolute Gasteiger partial charge is 0.357 e. The van der Waals surface area contributed by atoms with Crippen LogP contribution in [0.1, 0.15) is 28.6 Å². The molecular formula is C21H22N5O+.